The number of sulfonamides is 1. The minimum atomic E-state index is -3.58. The molecule has 11 heteroatoms. The highest BCUT2D eigenvalue weighted by Crippen LogP contribution is 2.32. The van der Waals surface area contributed by atoms with Gasteiger partial charge in [-0.05, 0) is 55.3 Å². The molecular formula is C26H24BrN5O3S2. The number of nitrogens with zero attached hydrogens (tertiary/aromatic N) is 4. The van der Waals surface area contributed by atoms with E-state index >= 15 is 0 Å². The zero-order valence-electron chi connectivity index (χ0n) is 19.7. The van der Waals surface area contributed by atoms with Gasteiger partial charge >= 0.3 is 0 Å². The molecule has 4 aromatic rings. The second-order valence-electron chi connectivity index (χ2n) is 8.46. The van der Waals surface area contributed by atoms with E-state index in [1.165, 1.54) is 16.1 Å². The molecule has 190 valence electrons. The van der Waals surface area contributed by atoms with Crippen molar-refractivity contribution in [3.63, 3.8) is 0 Å². The molecule has 1 saturated heterocycles. The van der Waals surface area contributed by atoms with Gasteiger partial charge in [0.05, 0.1) is 5.75 Å². The van der Waals surface area contributed by atoms with Crippen LogP contribution in [0.2, 0.25) is 0 Å². The van der Waals surface area contributed by atoms with Crippen molar-refractivity contribution in [2.75, 3.05) is 24.2 Å². The van der Waals surface area contributed by atoms with Crippen molar-refractivity contribution >= 4 is 49.7 Å². The van der Waals surface area contributed by atoms with Crippen LogP contribution in [0.1, 0.15) is 12.8 Å². The first-order chi connectivity index (χ1) is 17.9. The fourth-order valence-corrected chi connectivity index (χ4v) is 6.67. The summed E-state index contributed by atoms with van der Waals surface area (Å²) in [6, 6.07) is 23.7. The predicted molar refractivity (Wildman–Crippen MR) is 148 cm³/mol. The van der Waals surface area contributed by atoms with E-state index in [1.54, 1.807) is 18.2 Å². The Labute approximate surface area is 229 Å². The van der Waals surface area contributed by atoms with Crippen LogP contribution < -0.4 is 5.32 Å². The Morgan fingerprint density at radius 2 is 1.73 bits per heavy atom. The van der Waals surface area contributed by atoms with Gasteiger partial charge in [0, 0.05) is 40.6 Å². The van der Waals surface area contributed by atoms with Crippen molar-refractivity contribution in [1.29, 1.82) is 0 Å². The third-order valence-electron chi connectivity index (χ3n) is 5.90. The summed E-state index contributed by atoms with van der Waals surface area (Å²) in [5.41, 5.74) is 2.14. The van der Waals surface area contributed by atoms with Gasteiger partial charge in [-0.3, -0.25) is 9.36 Å². The Morgan fingerprint density at radius 1 is 1.00 bits per heavy atom. The minimum absolute atomic E-state index is 0.129. The van der Waals surface area contributed by atoms with E-state index in [9.17, 15) is 13.6 Å². The first kappa shape index (κ1) is 25.8. The lowest BCUT2D eigenvalue weighted by molar-refractivity contribution is -0.113. The first-order valence-corrected chi connectivity index (χ1v) is 14.9. The number of anilines is 1. The van der Waals surface area contributed by atoms with Crippen molar-refractivity contribution in [1.82, 2.24) is 19.1 Å². The Hall–Kier alpha value is -2.83. The van der Waals surface area contributed by atoms with Crippen LogP contribution in [0.15, 0.2) is 93.4 Å². The number of benzene rings is 3. The Kier molecular flexibility index (Phi) is 7.87. The van der Waals surface area contributed by atoms with Crippen molar-refractivity contribution in [3.8, 4) is 17.1 Å². The summed E-state index contributed by atoms with van der Waals surface area (Å²) in [5.74, 6) is 0.459. The zero-order chi connectivity index (χ0) is 25.8. The molecule has 37 heavy (non-hydrogen) atoms. The predicted octanol–water partition coefficient (Wildman–Crippen LogP) is 5.43. The Bertz CT molecular complexity index is 1440. The number of amides is 1. The maximum absolute atomic E-state index is 13.2. The minimum Gasteiger partial charge on any atom is -0.593 e. The number of nitrogens with one attached hydrogen (secondary N) is 1. The van der Waals surface area contributed by atoms with E-state index in [0.717, 1.165) is 23.0 Å². The molecule has 1 aliphatic heterocycles. The first-order valence-electron chi connectivity index (χ1n) is 11.7. The number of rotatable bonds is 8. The van der Waals surface area contributed by atoms with Crippen molar-refractivity contribution < 1.29 is 13.6 Å². The molecule has 1 atom stereocenters. The molecule has 1 N–H and O–H groups in total. The molecule has 0 radical (unpaired) electrons. The van der Waals surface area contributed by atoms with Crippen molar-refractivity contribution in [2.45, 2.75) is 22.9 Å². The normalized spacial score (nSPS) is 15.4. The fraction of sp³-hybridized carbons (Fsp3) is 0.192. The number of thioether (sulfide) groups is 1. The van der Waals surface area contributed by atoms with E-state index in [1.807, 2.05) is 65.2 Å². The number of halogens is 1. The lowest BCUT2D eigenvalue weighted by atomic mass is 10.2. The zero-order valence-corrected chi connectivity index (χ0v) is 23.0. The quantitative estimate of drug-likeness (QED) is 0.215. The fourth-order valence-electron chi connectivity index (χ4n) is 4.09. The molecule has 1 aliphatic rings. The van der Waals surface area contributed by atoms with Gasteiger partial charge in [0.15, 0.2) is 26.3 Å². The van der Waals surface area contributed by atoms with E-state index in [2.05, 4.69) is 31.4 Å². The monoisotopic (exact) mass is 597 g/mol. The highest BCUT2D eigenvalue weighted by atomic mass is 79.9. The smallest absolute Gasteiger partial charge is 0.234 e. The standard InChI is InChI=1S/C26H24BrN5O3S2/c27-20-11-13-21(14-12-20)28-24(33)18-36-26-30-29-25(32(26)22-8-2-1-3-9-22)19-7-6-10-23(17-19)37(34,35)31-15-4-5-16-31/h1-3,6-14,17H,4-5,15-16,18H2,(H-,28,33,34,35). The molecule has 0 spiro atoms. The highest BCUT2D eigenvalue weighted by molar-refractivity contribution is 9.10. The summed E-state index contributed by atoms with van der Waals surface area (Å²) in [4.78, 5) is 12.8. The van der Waals surface area contributed by atoms with Crippen LogP contribution in [0.25, 0.3) is 17.1 Å². The lowest BCUT2D eigenvalue weighted by Gasteiger charge is -2.23. The largest absolute Gasteiger partial charge is 0.593 e. The molecule has 1 amide bonds. The third kappa shape index (κ3) is 5.86. The molecule has 2 heterocycles. The number of hydrogen-bond acceptors (Lipinski definition) is 6. The summed E-state index contributed by atoms with van der Waals surface area (Å²) in [6.07, 6.45) is 1.74. The molecule has 1 fully saturated rings. The van der Waals surface area contributed by atoms with Gasteiger partial charge in [-0.25, -0.2) is 0 Å². The third-order valence-corrected chi connectivity index (χ3v) is 9.26. The average Bonchev–Trinajstić information content (AvgIpc) is 3.61. The Balaban J connectivity index is 1.43. The maximum atomic E-state index is 13.2. The van der Waals surface area contributed by atoms with E-state index < -0.39 is 10.4 Å². The van der Waals surface area contributed by atoms with E-state index in [-0.39, 0.29) is 16.6 Å². The van der Waals surface area contributed by atoms with Crippen LogP contribution in [0.5, 0.6) is 0 Å². The summed E-state index contributed by atoms with van der Waals surface area (Å²) >= 11 is 4.65. The van der Waals surface area contributed by atoms with Gasteiger partial charge in [0.25, 0.3) is 0 Å². The van der Waals surface area contributed by atoms with Crippen LogP contribution in [0, 0.1) is 0 Å². The van der Waals surface area contributed by atoms with E-state index in [4.69, 9.17) is 0 Å². The van der Waals surface area contributed by atoms with Crippen LogP contribution in [0.4, 0.5) is 5.69 Å². The van der Waals surface area contributed by atoms with Crippen LogP contribution in [-0.4, -0.2) is 48.4 Å². The number of aromatic nitrogens is 3. The topological polar surface area (TPSA) is 103 Å². The highest BCUT2D eigenvalue weighted by Gasteiger charge is 2.33. The summed E-state index contributed by atoms with van der Waals surface area (Å²) < 4.78 is 30.6. The SMILES string of the molecule is O=C(CSc1nnc(-c2cccc([S+](=O)([O-])N3CCCC3)c2)n1-c1ccccc1)Nc1ccc(Br)cc1. The number of para-hydroxylation sites is 1. The van der Waals surface area contributed by atoms with Crippen molar-refractivity contribution in [3.05, 3.63) is 83.3 Å². The van der Waals surface area contributed by atoms with Gasteiger partial charge in [0.1, 0.15) is 0 Å². The van der Waals surface area contributed by atoms with Crippen LogP contribution in [0.3, 0.4) is 0 Å². The summed E-state index contributed by atoms with van der Waals surface area (Å²) in [7, 11) is -3.58. The second kappa shape index (κ2) is 11.3. The summed E-state index contributed by atoms with van der Waals surface area (Å²) in [5, 5.41) is 12.2. The maximum Gasteiger partial charge on any atom is 0.234 e. The van der Waals surface area contributed by atoms with Gasteiger partial charge < -0.3 is 9.87 Å². The molecule has 8 nitrogen and oxygen atoms in total. The second-order valence-corrected chi connectivity index (χ2v) is 12.3. The van der Waals surface area contributed by atoms with Gasteiger partial charge in [-0.2, -0.15) is 0 Å². The lowest BCUT2D eigenvalue weighted by Crippen LogP contribution is -2.33. The van der Waals surface area contributed by atoms with Gasteiger partial charge in [-0.1, -0.05) is 62.2 Å². The van der Waals surface area contributed by atoms with Gasteiger partial charge in [-0.15, -0.1) is 14.5 Å². The van der Waals surface area contributed by atoms with Crippen LogP contribution >= 0.6 is 27.7 Å². The van der Waals surface area contributed by atoms with Gasteiger partial charge in [0.2, 0.25) is 5.91 Å². The number of carbonyl (C=O) groups is 1. The molecule has 5 rings (SSSR count). The van der Waals surface area contributed by atoms with Crippen molar-refractivity contribution in [2.24, 2.45) is 0 Å². The molecular weight excluding hydrogens is 574 g/mol. The number of hydrogen-bond donors (Lipinski definition) is 1. The van der Waals surface area contributed by atoms with Crippen LogP contribution in [-0.2, 0) is 19.4 Å². The molecule has 0 aliphatic carbocycles. The molecule has 3 aromatic carbocycles. The van der Waals surface area contributed by atoms with E-state index in [0.29, 0.717) is 35.3 Å². The Morgan fingerprint density at radius 3 is 2.46 bits per heavy atom. The average molecular weight is 599 g/mol. The summed E-state index contributed by atoms with van der Waals surface area (Å²) in [6.45, 7) is 1.08. The molecule has 1 aromatic heterocycles. The number of carbonyl (C=O) groups excluding carboxylic acids is 1. The molecule has 1 unspecified atom stereocenters. The molecule has 0 bridgehead atoms. The molecule has 0 saturated carbocycles.